The Labute approximate surface area is 154 Å². The Morgan fingerprint density at radius 1 is 1.24 bits per heavy atom. The zero-order valence-electron chi connectivity index (χ0n) is 13.1. The van der Waals surface area contributed by atoms with E-state index in [-0.39, 0.29) is 29.8 Å². The Balaban J connectivity index is 1.63. The molecular weight excluding hydrogens is 366 g/mol. The van der Waals surface area contributed by atoms with Gasteiger partial charge in [0.25, 0.3) is 0 Å². The average Bonchev–Trinajstić information content (AvgIpc) is 2.97. The van der Waals surface area contributed by atoms with E-state index in [1.54, 1.807) is 12.1 Å². The van der Waals surface area contributed by atoms with Gasteiger partial charge >= 0.3 is 0 Å². The predicted octanol–water partition coefficient (Wildman–Crippen LogP) is 3.80. The molecule has 1 fully saturated rings. The van der Waals surface area contributed by atoms with Crippen molar-refractivity contribution in [1.29, 1.82) is 0 Å². The first kappa shape index (κ1) is 17.7. The number of hydrogen-bond acceptors (Lipinski definition) is 2. The molecule has 1 N–H and O–H groups in total. The molecule has 0 aromatic heterocycles. The van der Waals surface area contributed by atoms with Crippen molar-refractivity contribution in [2.75, 3.05) is 11.4 Å². The van der Waals surface area contributed by atoms with E-state index >= 15 is 0 Å². The molecule has 0 bridgehead atoms. The lowest BCUT2D eigenvalue weighted by Crippen LogP contribution is -2.32. The summed E-state index contributed by atoms with van der Waals surface area (Å²) >= 11 is 11.7. The van der Waals surface area contributed by atoms with Crippen LogP contribution in [0.2, 0.25) is 10.0 Å². The molecule has 1 atom stereocenters. The van der Waals surface area contributed by atoms with Gasteiger partial charge < -0.3 is 10.2 Å². The summed E-state index contributed by atoms with van der Waals surface area (Å²) in [6.45, 7) is 0.578. The molecule has 25 heavy (non-hydrogen) atoms. The van der Waals surface area contributed by atoms with Crippen LogP contribution in [0, 0.1) is 11.7 Å². The highest BCUT2D eigenvalue weighted by Gasteiger charge is 2.35. The number of nitrogens with one attached hydrogen (secondary N) is 1. The molecule has 0 unspecified atom stereocenters. The lowest BCUT2D eigenvalue weighted by molar-refractivity contribution is -0.126. The van der Waals surface area contributed by atoms with Gasteiger partial charge in [-0.3, -0.25) is 9.59 Å². The summed E-state index contributed by atoms with van der Waals surface area (Å²) in [5.41, 5.74) is 1.37. The monoisotopic (exact) mass is 380 g/mol. The van der Waals surface area contributed by atoms with Crippen molar-refractivity contribution in [3.63, 3.8) is 0 Å². The molecule has 0 radical (unpaired) electrons. The van der Waals surface area contributed by atoms with Gasteiger partial charge in [0.1, 0.15) is 5.82 Å². The smallest absolute Gasteiger partial charge is 0.227 e. The number of anilines is 1. The van der Waals surface area contributed by atoms with Crippen molar-refractivity contribution < 1.29 is 14.0 Å². The van der Waals surface area contributed by atoms with Gasteiger partial charge in [-0.1, -0.05) is 35.3 Å². The number of benzene rings is 2. The van der Waals surface area contributed by atoms with Crippen LogP contribution in [0.3, 0.4) is 0 Å². The molecule has 2 aromatic carbocycles. The van der Waals surface area contributed by atoms with Crippen LogP contribution in [0.4, 0.5) is 10.1 Å². The van der Waals surface area contributed by atoms with Crippen LogP contribution in [-0.4, -0.2) is 18.4 Å². The standard InChI is InChI=1S/C18H15Cl2FN2O2/c19-13-3-1-2-11(6-13)9-22-18(25)12-7-17(24)23(10-12)14-4-5-16(21)15(20)8-14/h1-6,8,12H,7,9-10H2,(H,22,25)/t12-/m0/s1. The summed E-state index contributed by atoms with van der Waals surface area (Å²) in [4.78, 5) is 26.0. The number of halogens is 3. The third-order valence-electron chi connectivity index (χ3n) is 4.07. The van der Waals surface area contributed by atoms with Crippen molar-refractivity contribution in [2.24, 2.45) is 5.92 Å². The van der Waals surface area contributed by atoms with Crippen molar-refractivity contribution in [1.82, 2.24) is 5.32 Å². The van der Waals surface area contributed by atoms with E-state index in [1.165, 1.54) is 23.1 Å². The quantitative estimate of drug-likeness (QED) is 0.876. The molecule has 2 aromatic rings. The van der Waals surface area contributed by atoms with Crippen molar-refractivity contribution in [2.45, 2.75) is 13.0 Å². The fourth-order valence-corrected chi connectivity index (χ4v) is 3.15. The van der Waals surface area contributed by atoms with Crippen LogP contribution in [0.25, 0.3) is 0 Å². The first-order chi connectivity index (χ1) is 11.9. The van der Waals surface area contributed by atoms with Crippen LogP contribution >= 0.6 is 23.2 Å². The molecule has 4 nitrogen and oxygen atoms in total. The predicted molar refractivity (Wildman–Crippen MR) is 95.2 cm³/mol. The zero-order chi connectivity index (χ0) is 18.0. The summed E-state index contributed by atoms with van der Waals surface area (Å²) in [6, 6.07) is 11.3. The Hall–Kier alpha value is -2.11. The summed E-state index contributed by atoms with van der Waals surface area (Å²) in [5.74, 6) is -1.40. The van der Waals surface area contributed by atoms with Crippen molar-refractivity contribution >= 4 is 40.7 Å². The SMILES string of the molecule is O=C(NCc1cccc(Cl)c1)[C@H]1CC(=O)N(c2ccc(F)c(Cl)c2)C1. The molecule has 0 spiro atoms. The van der Waals surface area contributed by atoms with Gasteiger partial charge in [-0.25, -0.2) is 4.39 Å². The van der Waals surface area contributed by atoms with E-state index in [0.717, 1.165) is 5.56 Å². The van der Waals surface area contributed by atoms with Crippen molar-refractivity contribution in [3.8, 4) is 0 Å². The minimum absolute atomic E-state index is 0.0563. The molecule has 1 aliphatic heterocycles. The van der Waals surface area contributed by atoms with Crippen LogP contribution in [0.15, 0.2) is 42.5 Å². The molecule has 2 amide bonds. The molecule has 7 heteroatoms. The van der Waals surface area contributed by atoms with Crippen LogP contribution in [-0.2, 0) is 16.1 Å². The van der Waals surface area contributed by atoms with E-state index < -0.39 is 11.7 Å². The molecule has 0 saturated carbocycles. The van der Waals surface area contributed by atoms with Crippen LogP contribution < -0.4 is 10.2 Å². The van der Waals surface area contributed by atoms with E-state index in [0.29, 0.717) is 17.3 Å². The Kier molecular flexibility index (Phi) is 5.25. The van der Waals surface area contributed by atoms with E-state index in [9.17, 15) is 14.0 Å². The summed E-state index contributed by atoms with van der Waals surface area (Å²) in [6.07, 6.45) is 0.108. The largest absolute Gasteiger partial charge is 0.352 e. The normalized spacial score (nSPS) is 17.0. The lowest BCUT2D eigenvalue weighted by Gasteiger charge is -2.17. The highest BCUT2D eigenvalue weighted by atomic mass is 35.5. The fraction of sp³-hybridized carbons (Fsp3) is 0.222. The first-order valence-electron chi connectivity index (χ1n) is 7.71. The second-order valence-electron chi connectivity index (χ2n) is 5.85. The summed E-state index contributed by atoms with van der Waals surface area (Å²) < 4.78 is 13.3. The average molecular weight is 381 g/mol. The topological polar surface area (TPSA) is 49.4 Å². The second kappa shape index (κ2) is 7.42. The number of hydrogen-bond donors (Lipinski definition) is 1. The van der Waals surface area contributed by atoms with Crippen molar-refractivity contribution in [3.05, 3.63) is 63.9 Å². The Bertz CT molecular complexity index is 828. The number of rotatable bonds is 4. The molecule has 0 aliphatic carbocycles. The first-order valence-corrected chi connectivity index (χ1v) is 8.47. The highest BCUT2D eigenvalue weighted by molar-refractivity contribution is 6.31. The molecule has 1 aliphatic rings. The van der Waals surface area contributed by atoms with Gasteiger partial charge in [-0.15, -0.1) is 0 Å². The van der Waals surface area contributed by atoms with Gasteiger partial charge in [0, 0.05) is 30.2 Å². The van der Waals surface area contributed by atoms with E-state index in [2.05, 4.69) is 5.32 Å². The van der Waals surface area contributed by atoms with Gasteiger partial charge in [-0.2, -0.15) is 0 Å². The van der Waals surface area contributed by atoms with Gasteiger partial charge in [0.15, 0.2) is 0 Å². The molecular formula is C18H15Cl2FN2O2. The minimum Gasteiger partial charge on any atom is -0.352 e. The maximum absolute atomic E-state index is 13.3. The number of carbonyl (C=O) groups is 2. The van der Waals surface area contributed by atoms with E-state index in [4.69, 9.17) is 23.2 Å². The van der Waals surface area contributed by atoms with E-state index in [1.807, 2.05) is 12.1 Å². The van der Waals surface area contributed by atoms with Gasteiger partial charge in [0.2, 0.25) is 11.8 Å². The van der Waals surface area contributed by atoms with Gasteiger partial charge in [0.05, 0.1) is 10.9 Å². The third kappa shape index (κ3) is 4.11. The lowest BCUT2D eigenvalue weighted by atomic mass is 10.1. The summed E-state index contributed by atoms with van der Waals surface area (Å²) in [7, 11) is 0. The molecule has 1 heterocycles. The zero-order valence-corrected chi connectivity index (χ0v) is 14.6. The van der Waals surface area contributed by atoms with Crippen LogP contribution in [0.1, 0.15) is 12.0 Å². The molecule has 3 rings (SSSR count). The number of amides is 2. The number of nitrogens with zero attached hydrogens (tertiary/aromatic N) is 1. The minimum atomic E-state index is -0.548. The Morgan fingerprint density at radius 2 is 2.04 bits per heavy atom. The van der Waals surface area contributed by atoms with Gasteiger partial charge in [-0.05, 0) is 35.9 Å². The molecule has 130 valence electrons. The third-order valence-corrected chi connectivity index (χ3v) is 4.59. The number of carbonyl (C=O) groups excluding carboxylic acids is 2. The summed E-state index contributed by atoms with van der Waals surface area (Å²) in [5, 5.41) is 3.36. The fourth-order valence-electron chi connectivity index (χ4n) is 2.77. The maximum Gasteiger partial charge on any atom is 0.227 e. The highest BCUT2D eigenvalue weighted by Crippen LogP contribution is 2.28. The van der Waals surface area contributed by atoms with Crippen LogP contribution in [0.5, 0.6) is 0 Å². The Morgan fingerprint density at radius 3 is 2.76 bits per heavy atom. The molecule has 1 saturated heterocycles. The second-order valence-corrected chi connectivity index (χ2v) is 6.70. The maximum atomic E-state index is 13.3.